The lowest BCUT2D eigenvalue weighted by molar-refractivity contribution is 0.0763. The molecule has 2 aromatic rings. The molecule has 4 heteroatoms. The SMILES string of the molecule is CNc1ncc(C(=O)N2CCCCCC2)c2ccccc12. The molecule has 1 aromatic heterocycles. The van der Waals surface area contributed by atoms with Gasteiger partial charge in [0.2, 0.25) is 0 Å². The van der Waals surface area contributed by atoms with E-state index in [-0.39, 0.29) is 5.91 Å². The van der Waals surface area contributed by atoms with Crippen LogP contribution in [0.2, 0.25) is 0 Å². The molecule has 110 valence electrons. The minimum atomic E-state index is 0.114. The average molecular weight is 283 g/mol. The third kappa shape index (κ3) is 2.71. The van der Waals surface area contributed by atoms with Crippen molar-refractivity contribution >= 4 is 22.5 Å². The number of hydrogen-bond acceptors (Lipinski definition) is 3. The zero-order chi connectivity index (χ0) is 14.7. The third-order valence-corrected chi connectivity index (χ3v) is 4.16. The van der Waals surface area contributed by atoms with Crippen LogP contribution in [0.25, 0.3) is 10.8 Å². The summed E-state index contributed by atoms with van der Waals surface area (Å²) < 4.78 is 0. The molecule has 4 nitrogen and oxygen atoms in total. The number of benzene rings is 1. The van der Waals surface area contributed by atoms with Gasteiger partial charge in [0.05, 0.1) is 5.56 Å². The van der Waals surface area contributed by atoms with Crippen LogP contribution in [-0.2, 0) is 0 Å². The van der Waals surface area contributed by atoms with Gasteiger partial charge in [-0.25, -0.2) is 4.98 Å². The molecule has 0 saturated carbocycles. The largest absolute Gasteiger partial charge is 0.373 e. The number of aromatic nitrogens is 1. The Morgan fingerprint density at radius 2 is 1.76 bits per heavy atom. The summed E-state index contributed by atoms with van der Waals surface area (Å²) in [4.78, 5) is 19.2. The summed E-state index contributed by atoms with van der Waals surface area (Å²) in [6.45, 7) is 1.72. The lowest BCUT2D eigenvalue weighted by atomic mass is 10.1. The maximum atomic E-state index is 12.8. The topological polar surface area (TPSA) is 45.2 Å². The van der Waals surface area contributed by atoms with Crippen LogP contribution in [0.5, 0.6) is 0 Å². The van der Waals surface area contributed by atoms with Gasteiger partial charge in [0, 0.05) is 31.7 Å². The summed E-state index contributed by atoms with van der Waals surface area (Å²) in [6.07, 6.45) is 6.36. The first-order chi connectivity index (χ1) is 10.3. The highest BCUT2D eigenvalue weighted by Crippen LogP contribution is 2.25. The van der Waals surface area contributed by atoms with E-state index in [1.165, 1.54) is 12.8 Å². The molecule has 0 radical (unpaired) electrons. The summed E-state index contributed by atoms with van der Waals surface area (Å²) in [5, 5.41) is 5.07. The summed E-state index contributed by atoms with van der Waals surface area (Å²) in [7, 11) is 1.85. The minimum absolute atomic E-state index is 0.114. The van der Waals surface area contributed by atoms with Gasteiger partial charge in [0.15, 0.2) is 0 Å². The van der Waals surface area contributed by atoms with Gasteiger partial charge >= 0.3 is 0 Å². The number of amides is 1. The number of hydrogen-bond donors (Lipinski definition) is 1. The molecule has 1 saturated heterocycles. The fourth-order valence-electron chi connectivity index (χ4n) is 3.01. The molecule has 1 aliphatic heterocycles. The maximum absolute atomic E-state index is 12.8. The Morgan fingerprint density at radius 3 is 2.43 bits per heavy atom. The number of carbonyl (C=O) groups excluding carboxylic acids is 1. The molecular weight excluding hydrogens is 262 g/mol. The van der Waals surface area contributed by atoms with E-state index in [1.54, 1.807) is 6.20 Å². The van der Waals surface area contributed by atoms with E-state index in [1.807, 2.05) is 36.2 Å². The molecule has 0 spiro atoms. The maximum Gasteiger partial charge on any atom is 0.256 e. The molecule has 2 heterocycles. The molecule has 21 heavy (non-hydrogen) atoms. The van der Waals surface area contributed by atoms with Gasteiger partial charge in [0.1, 0.15) is 5.82 Å². The van der Waals surface area contributed by atoms with Crippen molar-refractivity contribution in [1.82, 2.24) is 9.88 Å². The van der Waals surface area contributed by atoms with Crippen LogP contribution in [0.4, 0.5) is 5.82 Å². The van der Waals surface area contributed by atoms with Crippen LogP contribution in [-0.4, -0.2) is 35.9 Å². The summed E-state index contributed by atoms with van der Waals surface area (Å²) in [5.41, 5.74) is 0.714. The van der Waals surface area contributed by atoms with E-state index in [9.17, 15) is 4.79 Å². The van der Waals surface area contributed by atoms with E-state index in [0.717, 1.165) is 42.5 Å². The Kier molecular flexibility index (Phi) is 4.04. The van der Waals surface area contributed by atoms with Crippen molar-refractivity contribution in [2.24, 2.45) is 0 Å². The number of carbonyl (C=O) groups is 1. The zero-order valence-electron chi connectivity index (χ0n) is 12.4. The third-order valence-electron chi connectivity index (χ3n) is 4.16. The second-order valence-electron chi connectivity index (χ2n) is 5.52. The second-order valence-corrected chi connectivity index (χ2v) is 5.52. The lowest BCUT2D eigenvalue weighted by Crippen LogP contribution is -2.32. The van der Waals surface area contributed by atoms with Crippen LogP contribution in [0.1, 0.15) is 36.0 Å². The van der Waals surface area contributed by atoms with Crippen molar-refractivity contribution in [2.45, 2.75) is 25.7 Å². The van der Waals surface area contributed by atoms with Crippen LogP contribution >= 0.6 is 0 Å². The first kappa shape index (κ1) is 13.9. The van der Waals surface area contributed by atoms with Gasteiger partial charge in [-0.3, -0.25) is 4.79 Å². The molecule has 0 aliphatic carbocycles. The van der Waals surface area contributed by atoms with Crippen molar-refractivity contribution in [1.29, 1.82) is 0 Å². The predicted molar refractivity (Wildman–Crippen MR) is 85.7 cm³/mol. The van der Waals surface area contributed by atoms with Gasteiger partial charge < -0.3 is 10.2 Å². The van der Waals surface area contributed by atoms with Crippen LogP contribution in [0.3, 0.4) is 0 Å². The zero-order valence-corrected chi connectivity index (χ0v) is 12.4. The van der Waals surface area contributed by atoms with E-state index in [4.69, 9.17) is 0 Å². The van der Waals surface area contributed by atoms with Gasteiger partial charge in [-0.2, -0.15) is 0 Å². The van der Waals surface area contributed by atoms with Crippen molar-refractivity contribution in [3.8, 4) is 0 Å². The van der Waals surface area contributed by atoms with Crippen LogP contribution in [0.15, 0.2) is 30.5 Å². The summed E-state index contributed by atoms with van der Waals surface area (Å²) >= 11 is 0. The van der Waals surface area contributed by atoms with Gasteiger partial charge in [-0.1, -0.05) is 37.1 Å². The van der Waals surface area contributed by atoms with Crippen molar-refractivity contribution in [2.75, 3.05) is 25.5 Å². The van der Waals surface area contributed by atoms with Crippen molar-refractivity contribution in [3.63, 3.8) is 0 Å². The number of likely N-dealkylation sites (tertiary alicyclic amines) is 1. The minimum Gasteiger partial charge on any atom is -0.373 e. The molecule has 1 amide bonds. The van der Waals surface area contributed by atoms with Crippen LogP contribution < -0.4 is 5.32 Å². The monoisotopic (exact) mass is 283 g/mol. The van der Waals surface area contributed by atoms with Crippen LogP contribution in [0, 0.1) is 0 Å². The number of nitrogens with one attached hydrogen (secondary N) is 1. The standard InChI is InChI=1S/C17H21N3O/c1-18-16-14-9-5-4-8-13(14)15(12-19-16)17(21)20-10-6-2-3-7-11-20/h4-5,8-9,12H,2-3,6-7,10-11H2,1H3,(H,18,19). The fraction of sp³-hybridized carbons (Fsp3) is 0.412. The highest BCUT2D eigenvalue weighted by molar-refractivity contribution is 6.09. The number of nitrogens with zero attached hydrogens (tertiary/aromatic N) is 2. The first-order valence-corrected chi connectivity index (χ1v) is 7.66. The second kappa shape index (κ2) is 6.12. The predicted octanol–water partition coefficient (Wildman–Crippen LogP) is 3.29. The Balaban J connectivity index is 2.01. The number of fused-ring (bicyclic) bond motifs is 1. The van der Waals surface area contributed by atoms with E-state index >= 15 is 0 Å². The molecule has 0 atom stereocenters. The average Bonchev–Trinajstić information content (AvgIpc) is 2.82. The van der Waals surface area contributed by atoms with E-state index in [2.05, 4.69) is 10.3 Å². The summed E-state index contributed by atoms with van der Waals surface area (Å²) in [6, 6.07) is 7.96. The molecule has 0 bridgehead atoms. The highest BCUT2D eigenvalue weighted by Gasteiger charge is 2.20. The fourth-order valence-corrected chi connectivity index (χ4v) is 3.01. The molecule has 0 unspecified atom stereocenters. The Bertz CT molecular complexity index is 646. The Morgan fingerprint density at radius 1 is 1.10 bits per heavy atom. The van der Waals surface area contributed by atoms with Crippen molar-refractivity contribution in [3.05, 3.63) is 36.0 Å². The Labute approximate surface area is 125 Å². The highest BCUT2D eigenvalue weighted by atomic mass is 16.2. The van der Waals surface area contributed by atoms with E-state index < -0.39 is 0 Å². The molecule has 1 fully saturated rings. The normalized spacial score (nSPS) is 15.8. The Hall–Kier alpha value is -2.10. The number of anilines is 1. The quantitative estimate of drug-likeness (QED) is 0.920. The molecule has 1 aromatic carbocycles. The first-order valence-electron chi connectivity index (χ1n) is 7.66. The molecular formula is C17H21N3O. The number of pyridine rings is 1. The van der Waals surface area contributed by atoms with Gasteiger partial charge in [-0.15, -0.1) is 0 Å². The van der Waals surface area contributed by atoms with Crippen molar-refractivity contribution < 1.29 is 4.79 Å². The number of rotatable bonds is 2. The van der Waals surface area contributed by atoms with Gasteiger partial charge in [-0.05, 0) is 18.2 Å². The smallest absolute Gasteiger partial charge is 0.256 e. The summed E-state index contributed by atoms with van der Waals surface area (Å²) in [5.74, 6) is 0.932. The van der Waals surface area contributed by atoms with Gasteiger partial charge in [0.25, 0.3) is 5.91 Å². The molecule has 1 aliphatic rings. The van der Waals surface area contributed by atoms with E-state index in [0.29, 0.717) is 5.56 Å². The molecule has 3 rings (SSSR count). The lowest BCUT2D eigenvalue weighted by Gasteiger charge is -2.21. The molecule has 1 N–H and O–H groups in total.